The SMILES string of the molecule is CCc1nn(Cc2ccc(NCC(=O)c3ccc(C)cc3C)cc2)c(CC)c1CC(=O)O. The van der Waals surface area contributed by atoms with Crippen LogP contribution in [0.3, 0.4) is 0 Å². The number of hydrogen-bond donors (Lipinski definition) is 2. The first-order chi connectivity index (χ1) is 15.3. The molecule has 1 heterocycles. The Morgan fingerprint density at radius 1 is 1.03 bits per heavy atom. The second-order valence-electron chi connectivity index (χ2n) is 8.10. The zero-order valence-electron chi connectivity index (χ0n) is 19.2. The molecule has 0 saturated heterocycles. The maximum atomic E-state index is 12.6. The molecule has 2 N–H and O–H groups in total. The second-order valence-corrected chi connectivity index (χ2v) is 8.10. The van der Waals surface area contributed by atoms with E-state index in [4.69, 9.17) is 0 Å². The van der Waals surface area contributed by atoms with Gasteiger partial charge in [0.15, 0.2) is 5.78 Å². The number of hydrogen-bond acceptors (Lipinski definition) is 4. The van der Waals surface area contributed by atoms with E-state index < -0.39 is 5.97 Å². The molecule has 0 saturated carbocycles. The molecule has 1 aromatic heterocycles. The maximum absolute atomic E-state index is 12.6. The molecule has 6 nitrogen and oxygen atoms in total. The highest BCUT2D eigenvalue weighted by molar-refractivity contribution is 6.00. The van der Waals surface area contributed by atoms with Crippen molar-refractivity contribution >= 4 is 17.4 Å². The number of nitrogens with zero attached hydrogens (tertiary/aromatic N) is 2. The third-order valence-corrected chi connectivity index (χ3v) is 5.67. The topological polar surface area (TPSA) is 84.2 Å². The van der Waals surface area contributed by atoms with Crippen LogP contribution in [0.1, 0.15) is 57.8 Å². The molecule has 0 fully saturated rings. The van der Waals surface area contributed by atoms with E-state index in [-0.39, 0.29) is 18.7 Å². The Morgan fingerprint density at radius 3 is 2.34 bits per heavy atom. The number of nitrogens with one attached hydrogen (secondary N) is 1. The van der Waals surface area contributed by atoms with Crippen LogP contribution in [-0.4, -0.2) is 33.2 Å². The molecule has 6 heteroatoms. The van der Waals surface area contributed by atoms with E-state index in [1.165, 1.54) is 0 Å². The number of carboxylic acids is 1. The summed E-state index contributed by atoms with van der Waals surface area (Å²) in [5, 5.41) is 17.1. The van der Waals surface area contributed by atoms with Gasteiger partial charge in [0.05, 0.1) is 25.2 Å². The number of carbonyl (C=O) groups excluding carboxylic acids is 1. The monoisotopic (exact) mass is 433 g/mol. The van der Waals surface area contributed by atoms with Crippen molar-refractivity contribution in [2.45, 2.75) is 53.5 Å². The summed E-state index contributed by atoms with van der Waals surface area (Å²) in [4.78, 5) is 23.8. The highest BCUT2D eigenvalue weighted by atomic mass is 16.4. The largest absolute Gasteiger partial charge is 0.481 e. The lowest BCUT2D eigenvalue weighted by Crippen LogP contribution is -2.15. The first-order valence-electron chi connectivity index (χ1n) is 11.0. The van der Waals surface area contributed by atoms with Crippen LogP contribution in [0.4, 0.5) is 5.69 Å². The van der Waals surface area contributed by atoms with Crippen LogP contribution in [0.2, 0.25) is 0 Å². The number of aryl methyl sites for hydroxylation is 3. The summed E-state index contributed by atoms with van der Waals surface area (Å²) in [6.07, 6.45) is 1.44. The van der Waals surface area contributed by atoms with E-state index in [1.54, 1.807) is 0 Å². The van der Waals surface area contributed by atoms with Crippen molar-refractivity contribution in [3.8, 4) is 0 Å². The number of Topliss-reactive ketones (excluding diaryl/α,β-unsaturated/α-hetero) is 1. The molecule has 0 amide bonds. The van der Waals surface area contributed by atoms with Gasteiger partial charge in [-0.05, 0) is 49.9 Å². The normalized spacial score (nSPS) is 10.9. The second kappa shape index (κ2) is 10.3. The van der Waals surface area contributed by atoms with Crippen LogP contribution < -0.4 is 5.32 Å². The summed E-state index contributed by atoms with van der Waals surface area (Å²) in [5.74, 6) is -0.770. The van der Waals surface area contributed by atoms with Gasteiger partial charge in [-0.2, -0.15) is 5.10 Å². The number of carbonyl (C=O) groups is 2. The Bertz CT molecular complexity index is 1110. The average Bonchev–Trinajstić information content (AvgIpc) is 3.08. The van der Waals surface area contributed by atoms with Gasteiger partial charge in [0.2, 0.25) is 0 Å². The van der Waals surface area contributed by atoms with E-state index in [1.807, 2.05) is 74.8 Å². The summed E-state index contributed by atoms with van der Waals surface area (Å²) in [7, 11) is 0. The number of aromatic nitrogens is 2. The van der Waals surface area contributed by atoms with Crippen LogP contribution >= 0.6 is 0 Å². The lowest BCUT2D eigenvalue weighted by atomic mass is 10.0. The zero-order valence-corrected chi connectivity index (χ0v) is 19.2. The maximum Gasteiger partial charge on any atom is 0.307 e. The third-order valence-electron chi connectivity index (χ3n) is 5.67. The van der Waals surface area contributed by atoms with Gasteiger partial charge < -0.3 is 10.4 Å². The Kier molecular flexibility index (Phi) is 7.46. The molecule has 2 aromatic carbocycles. The molecule has 0 bridgehead atoms. The molecule has 32 heavy (non-hydrogen) atoms. The first kappa shape index (κ1) is 23.3. The average molecular weight is 434 g/mol. The van der Waals surface area contributed by atoms with Crippen molar-refractivity contribution in [2.75, 3.05) is 11.9 Å². The Balaban J connectivity index is 1.68. The van der Waals surface area contributed by atoms with Crippen molar-refractivity contribution in [1.82, 2.24) is 9.78 Å². The van der Waals surface area contributed by atoms with Crippen LogP contribution in [0.15, 0.2) is 42.5 Å². The van der Waals surface area contributed by atoms with Crippen molar-refractivity contribution in [3.05, 3.63) is 81.7 Å². The van der Waals surface area contributed by atoms with Gasteiger partial charge in [0, 0.05) is 22.5 Å². The summed E-state index contributed by atoms with van der Waals surface area (Å²) < 4.78 is 1.92. The number of carboxylic acid groups (broad SMARTS) is 1. The van der Waals surface area contributed by atoms with Gasteiger partial charge in [-0.15, -0.1) is 0 Å². The summed E-state index contributed by atoms with van der Waals surface area (Å²) in [6, 6.07) is 13.8. The first-order valence-corrected chi connectivity index (χ1v) is 11.0. The third kappa shape index (κ3) is 5.44. The molecular weight excluding hydrogens is 402 g/mol. The predicted octanol–water partition coefficient (Wildman–Crippen LogP) is 4.59. The number of benzene rings is 2. The minimum Gasteiger partial charge on any atom is -0.481 e. The molecule has 0 spiro atoms. The quantitative estimate of drug-likeness (QED) is 0.457. The van der Waals surface area contributed by atoms with Gasteiger partial charge >= 0.3 is 5.97 Å². The lowest BCUT2D eigenvalue weighted by molar-refractivity contribution is -0.136. The van der Waals surface area contributed by atoms with Gasteiger partial charge in [-0.25, -0.2) is 0 Å². The molecule has 3 aromatic rings. The Labute approximate surface area is 189 Å². The fraction of sp³-hybridized carbons (Fsp3) is 0.346. The highest BCUT2D eigenvalue weighted by Gasteiger charge is 2.18. The minimum atomic E-state index is -0.834. The highest BCUT2D eigenvalue weighted by Crippen LogP contribution is 2.20. The number of anilines is 1. The fourth-order valence-corrected chi connectivity index (χ4v) is 4.06. The molecule has 0 radical (unpaired) electrons. The van der Waals surface area contributed by atoms with Crippen molar-refractivity contribution in [2.24, 2.45) is 0 Å². The summed E-state index contributed by atoms with van der Waals surface area (Å²) in [5.41, 5.74) is 7.50. The molecular formula is C26H31N3O3. The summed E-state index contributed by atoms with van der Waals surface area (Å²) >= 11 is 0. The van der Waals surface area contributed by atoms with Gasteiger partial charge in [-0.1, -0.05) is 49.7 Å². The lowest BCUT2D eigenvalue weighted by Gasteiger charge is -2.10. The molecule has 0 unspecified atom stereocenters. The Morgan fingerprint density at radius 2 is 1.75 bits per heavy atom. The van der Waals surface area contributed by atoms with Crippen molar-refractivity contribution in [3.63, 3.8) is 0 Å². The molecule has 168 valence electrons. The van der Waals surface area contributed by atoms with Gasteiger partial charge in [-0.3, -0.25) is 14.3 Å². The summed E-state index contributed by atoms with van der Waals surface area (Å²) in [6.45, 7) is 8.82. The van der Waals surface area contributed by atoms with Crippen LogP contribution in [0, 0.1) is 13.8 Å². The number of rotatable bonds is 10. The minimum absolute atomic E-state index is 0.00366. The van der Waals surface area contributed by atoms with Crippen molar-refractivity contribution in [1.29, 1.82) is 0 Å². The van der Waals surface area contributed by atoms with Crippen molar-refractivity contribution < 1.29 is 14.7 Å². The molecule has 0 atom stereocenters. The molecule has 0 aliphatic carbocycles. The van der Waals surface area contributed by atoms with E-state index in [9.17, 15) is 14.7 Å². The Hall–Kier alpha value is -3.41. The van der Waals surface area contributed by atoms with E-state index in [0.29, 0.717) is 13.0 Å². The number of aliphatic carboxylic acids is 1. The smallest absolute Gasteiger partial charge is 0.307 e. The molecule has 3 rings (SSSR count). The van der Waals surface area contributed by atoms with E-state index in [2.05, 4.69) is 10.4 Å². The fourth-order valence-electron chi connectivity index (χ4n) is 4.06. The van der Waals surface area contributed by atoms with Crippen LogP contribution in [0.5, 0.6) is 0 Å². The molecule has 0 aliphatic heterocycles. The molecule has 0 aliphatic rings. The predicted molar refractivity (Wildman–Crippen MR) is 127 cm³/mol. The van der Waals surface area contributed by atoms with Gasteiger partial charge in [0.1, 0.15) is 0 Å². The zero-order chi connectivity index (χ0) is 23.3. The van der Waals surface area contributed by atoms with Crippen LogP contribution in [0.25, 0.3) is 0 Å². The van der Waals surface area contributed by atoms with E-state index in [0.717, 1.165) is 51.3 Å². The number of ketones is 1. The van der Waals surface area contributed by atoms with Crippen LogP contribution in [-0.2, 0) is 30.6 Å². The van der Waals surface area contributed by atoms with Gasteiger partial charge in [0.25, 0.3) is 0 Å². The standard InChI is InChI=1S/C26H31N3O3/c1-5-23-22(14-26(31)32)24(6-2)29(28-23)16-19-8-10-20(11-9-19)27-15-25(30)21-12-7-17(3)13-18(21)4/h7-13,27H,5-6,14-16H2,1-4H3,(H,31,32). The van der Waals surface area contributed by atoms with E-state index >= 15 is 0 Å².